The van der Waals surface area contributed by atoms with Gasteiger partial charge in [0.05, 0.1) is 12.4 Å². The van der Waals surface area contributed by atoms with Crippen molar-refractivity contribution in [3.63, 3.8) is 0 Å². The Balaban J connectivity index is 1.56. The molecule has 0 aliphatic carbocycles. The number of anilines is 2. The van der Waals surface area contributed by atoms with Crippen molar-refractivity contribution in [3.05, 3.63) is 89.5 Å². The van der Waals surface area contributed by atoms with E-state index in [-0.39, 0.29) is 5.75 Å². The number of phenols is 1. The lowest BCUT2D eigenvalue weighted by Gasteiger charge is -2.08. The highest BCUT2D eigenvalue weighted by molar-refractivity contribution is 5.98. The van der Waals surface area contributed by atoms with Crippen LogP contribution in [-0.4, -0.2) is 27.7 Å². The smallest absolute Gasteiger partial charge is 0.176 e. The van der Waals surface area contributed by atoms with Crippen LogP contribution in [0.5, 0.6) is 5.75 Å². The molecule has 0 fully saturated rings. The summed E-state index contributed by atoms with van der Waals surface area (Å²) in [6.45, 7) is 2.03. The highest BCUT2D eigenvalue weighted by Gasteiger charge is 2.08. The number of aryl methyl sites for hydroxylation is 1. The first-order chi connectivity index (χ1) is 14.7. The zero-order valence-corrected chi connectivity index (χ0v) is 16.3. The second-order valence-corrected chi connectivity index (χ2v) is 6.60. The Morgan fingerprint density at radius 2 is 1.20 bits per heavy atom. The van der Waals surface area contributed by atoms with Crippen LogP contribution >= 0.6 is 0 Å². The summed E-state index contributed by atoms with van der Waals surface area (Å²) in [6, 6.07) is 22.7. The van der Waals surface area contributed by atoms with Crippen molar-refractivity contribution in [3.8, 4) is 5.75 Å². The van der Waals surface area contributed by atoms with Gasteiger partial charge < -0.3 is 5.11 Å². The number of nitrogens with zero attached hydrogens (tertiary/aromatic N) is 4. The molecule has 0 radical (unpaired) electrons. The zero-order chi connectivity index (χ0) is 20.8. The SMILES string of the molecule is Cc1ccccc1/C=N/Nc1nnc(N/N=C/c2ccccc2O)c2ccccc12. The van der Waals surface area contributed by atoms with E-state index >= 15 is 0 Å². The van der Waals surface area contributed by atoms with E-state index in [9.17, 15) is 5.11 Å². The van der Waals surface area contributed by atoms with E-state index in [0.717, 1.165) is 21.9 Å². The van der Waals surface area contributed by atoms with Gasteiger partial charge in [-0.1, -0.05) is 60.7 Å². The standard InChI is InChI=1S/C23H20N6O/c1-16-8-2-3-9-17(16)14-24-26-22-19-11-5-6-12-20(19)23(29-28-22)27-25-15-18-10-4-7-13-21(18)30/h2-15,30H,1H3,(H,26,28)(H,27,29)/b24-14+,25-15+. The maximum absolute atomic E-state index is 9.83. The molecule has 0 saturated heterocycles. The summed E-state index contributed by atoms with van der Waals surface area (Å²) >= 11 is 0. The van der Waals surface area contributed by atoms with Gasteiger partial charge in [-0.2, -0.15) is 10.2 Å². The number of benzene rings is 3. The fourth-order valence-corrected chi connectivity index (χ4v) is 2.92. The Kier molecular flexibility index (Phi) is 5.61. The topological polar surface area (TPSA) is 94.8 Å². The van der Waals surface area contributed by atoms with E-state index in [1.807, 2.05) is 61.5 Å². The predicted molar refractivity (Wildman–Crippen MR) is 121 cm³/mol. The molecule has 4 aromatic rings. The fraction of sp³-hybridized carbons (Fsp3) is 0.0435. The van der Waals surface area contributed by atoms with Crippen molar-refractivity contribution in [2.24, 2.45) is 10.2 Å². The minimum absolute atomic E-state index is 0.157. The normalized spacial score (nSPS) is 11.4. The summed E-state index contributed by atoms with van der Waals surface area (Å²) in [5.74, 6) is 1.21. The second kappa shape index (κ2) is 8.83. The highest BCUT2D eigenvalue weighted by Crippen LogP contribution is 2.26. The Bertz CT molecular complexity index is 1140. The monoisotopic (exact) mass is 396 g/mol. The lowest BCUT2D eigenvalue weighted by molar-refractivity contribution is 0.474. The molecule has 1 aromatic heterocycles. The van der Waals surface area contributed by atoms with Gasteiger partial charge in [-0.05, 0) is 30.2 Å². The van der Waals surface area contributed by atoms with E-state index in [4.69, 9.17) is 0 Å². The third-order valence-corrected chi connectivity index (χ3v) is 4.56. The van der Waals surface area contributed by atoms with Crippen LogP contribution in [0.15, 0.2) is 83.0 Å². The predicted octanol–water partition coefficient (Wildman–Crippen LogP) is 4.54. The maximum Gasteiger partial charge on any atom is 0.176 e. The second-order valence-electron chi connectivity index (χ2n) is 6.60. The van der Waals surface area contributed by atoms with Crippen LogP contribution in [0, 0.1) is 6.92 Å². The van der Waals surface area contributed by atoms with Gasteiger partial charge in [-0.3, -0.25) is 10.9 Å². The van der Waals surface area contributed by atoms with Crippen LogP contribution in [0.25, 0.3) is 10.8 Å². The lowest BCUT2D eigenvalue weighted by Crippen LogP contribution is -2.01. The number of aromatic nitrogens is 2. The van der Waals surface area contributed by atoms with Gasteiger partial charge in [0.1, 0.15) is 5.75 Å². The van der Waals surface area contributed by atoms with Crippen LogP contribution in [0.4, 0.5) is 11.6 Å². The van der Waals surface area contributed by atoms with Crippen LogP contribution in [0.2, 0.25) is 0 Å². The van der Waals surface area contributed by atoms with Crippen molar-refractivity contribution >= 4 is 34.8 Å². The van der Waals surface area contributed by atoms with Crippen molar-refractivity contribution < 1.29 is 5.11 Å². The summed E-state index contributed by atoms with van der Waals surface area (Å²) in [5, 5.41) is 28.5. The number of hydrogen-bond acceptors (Lipinski definition) is 7. The molecule has 0 unspecified atom stereocenters. The molecule has 30 heavy (non-hydrogen) atoms. The van der Waals surface area contributed by atoms with Gasteiger partial charge in [-0.15, -0.1) is 10.2 Å². The molecule has 4 rings (SSSR count). The van der Waals surface area contributed by atoms with E-state index in [1.165, 1.54) is 6.21 Å². The van der Waals surface area contributed by atoms with Gasteiger partial charge in [0.15, 0.2) is 11.6 Å². The molecule has 7 nitrogen and oxygen atoms in total. The minimum atomic E-state index is 0.157. The molecule has 0 bridgehead atoms. The fourth-order valence-electron chi connectivity index (χ4n) is 2.92. The van der Waals surface area contributed by atoms with Crippen LogP contribution < -0.4 is 10.9 Å². The van der Waals surface area contributed by atoms with Crippen molar-refractivity contribution in [2.45, 2.75) is 6.92 Å². The third-order valence-electron chi connectivity index (χ3n) is 4.56. The highest BCUT2D eigenvalue weighted by atomic mass is 16.3. The van der Waals surface area contributed by atoms with Crippen molar-refractivity contribution in [1.29, 1.82) is 0 Å². The summed E-state index contributed by atoms with van der Waals surface area (Å²) in [6.07, 6.45) is 3.29. The Morgan fingerprint density at radius 3 is 1.80 bits per heavy atom. The van der Waals surface area contributed by atoms with Gasteiger partial charge in [-0.25, -0.2) is 0 Å². The number of fused-ring (bicyclic) bond motifs is 1. The summed E-state index contributed by atoms with van der Waals surface area (Å²) < 4.78 is 0. The number of aromatic hydroxyl groups is 1. The van der Waals surface area contributed by atoms with E-state index in [2.05, 4.69) is 31.3 Å². The first-order valence-corrected chi connectivity index (χ1v) is 9.39. The number of phenolic OH excluding ortho intramolecular Hbond substituents is 1. The molecule has 3 aromatic carbocycles. The maximum atomic E-state index is 9.83. The molecule has 1 heterocycles. The molecular formula is C23H20N6O. The number of hydrazone groups is 2. The molecule has 0 aliphatic rings. The van der Waals surface area contributed by atoms with Gasteiger partial charge in [0.2, 0.25) is 0 Å². The van der Waals surface area contributed by atoms with Gasteiger partial charge in [0.25, 0.3) is 0 Å². The largest absolute Gasteiger partial charge is 0.507 e. The first-order valence-electron chi connectivity index (χ1n) is 9.39. The molecule has 0 amide bonds. The summed E-state index contributed by atoms with van der Waals surface area (Å²) in [7, 11) is 0. The number of rotatable bonds is 6. The van der Waals surface area contributed by atoms with Crippen LogP contribution in [0.3, 0.4) is 0 Å². The average Bonchev–Trinajstić information content (AvgIpc) is 2.77. The van der Waals surface area contributed by atoms with Crippen LogP contribution in [0.1, 0.15) is 16.7 Å². The molecular weight excluding hydrogens is 376 g/mol. The Morgan fingerprint density at radius 1 is 0.700 bits per heavy atom. The zero-order valence-electron chi connectivity index (χ0n) is 16.3. The average molecular weight is 396 g/mol. The van der Waals surface area contributed by atoms with E-state index in [1.54, 1.807) is 24.4 Å². The molecule has 7 heteroatoms. The van der Waals surface area contributed by atoms with Crippen molar-refractivity contribution in [1.82, 2.24) is 10.2 Å². The molecule has 148 valence electrons. The Hall–Kier alpha value is -4.26. The molecule has 3 N–H and O–H groups in total. The van der Waals surface area contributed by atoms with Crippen LogP contribution in [-0.2, 0) is 0 Å². The Labute approximate surface area is 173 Å². The first kappa shape index (κ1) is 19.1. The molecule has 0 atom stereocenters. The summed E-state index contributed by atoms with van der Waals surface area (Å²) in [5.41, 5.74) is 8.64. The summed E-state index contributed by atoms with van der Waals surface area (Å²) in [4.78, 5) is 0. The number of para-hydroxylation sites is 1. The molecule has 0 spiro atoms. The minimum Gasteiger partial charge on any atom is -0.507 e. The molecule has 0 saturated carbocycles. The van der Waals surface area contributed by atoms with E-state index < -0.39 is 0 Å². The van der Waals surface area contributed by atoms with Gasteiger partial charge >= 0.3 is 0 Å². The van der Waals surface area contributed by atoms with Gasteiger partial charge in [0, 0.05) is 16.3 Å². The number of hydrogen-bond donors (Lipinski definition) is 3. The number of nitrogens with one attached hydrogen (secondary N) is 2. The van der Waals surface area contributed by atoms with E-state index in [0.29, 0.717) is 17.2 Å². The third kappa shape index (κ3) is 4.25. The lowest BCUT2D eigenvalue weighted by atomic mass is 10.1. The molecule has 0 aliphatic heterocycles. The van der Waals surface area contributed by atoms with Crippen molar-refractivity contribution in [2.75, 3.05) is 10.9 Å². The quantitative estimate of drug-likeness (QED) is 0.329.